The van der Waals surface area contributed by atoms with Gasteiger partial charge >= 0.3 is 0 Å². The predicted molar refractivity (Wildman–Crippen MR) is 122 cm³/mol. The third kappa shape index (κ3) is 4.25. The van der Waals surface area contributed by atoms with Gasteiger partial charge in [0.05, 0.1) is 6.04 Å². The molecular weight excluding hydrogens is 374 g/mol. The van der Waals surface area contributed by atoms with E-state index >= 15 is 0 Å². The fourth-order valence-electron chi connectivity index (χ4n) is 4.82. The maximum absolute atomic E-state index is 2.68. The first kappa shape index (κ1) is 18.9. The van der Waals surface area contributed by atoms with Crippen LogP contribution in [0.25, 0.3) is 0 Å². The summed E-state index contributed by atoms with van der Waals surface area (Å²) >= 11 is 1.94. The van der Waals surface area contributed by atoms with Crippen molar-refractivity contribution < 1.29 is 0 Å². The van der Waals surface area contributed by atoms with Crippen LogP contribution in [-0.2, 0) is 19.6 Å². The molecule has 0 radical (unpaired) electrons. The number of hydrogen-bond acceptors (Lipinski definition) is 4. The molecule has 3 nitrogen and oxygen atoms in total. The number of anilines is 1. The molecule has 3 heterocycles. The van der Waals surface area contributed by atoms with E-state index < -0.39 is 0 Å². The summed E-state index contributed by atoms with van der Waals surface area (Å²) in [6.45, 7) is 9.84. The molecule has 150 valence electrons. The van der Waals surface area contributed by atoms with E-state index in [4.69, 9.17) is 0 Å². The molecule has 0 amide bonds. The van der Waals surface area contributed by atoms with Crippen molar-refractivity contribution >= 4 is 17.0 Å². The third-order valence-corrected chi connectivity index (χ3v) is 7.14. The summed E-state index contributed by atoms with van der Waals surface area (Å²) in [5.41, 5.74) is 4.34. The molecule has 1 atom stereocenters. The van der Waals surface area contributed by atoms with E-state index in [9.17, 15) is 0 Å². The molecule has 0 aliphatic carbocycles. The highest BCUT2D eigenvalue weighted by Gasteiger charge is 2.32. The minimum atomic E-state index is 0.539. The lowest BCUT2D eigenvalue weighted by molar-refractivity contribution is 0.173. The van der Waals surface area contributed by atoms with Gasteiger partial charge in [0.15, 0.2) is 0 Å². The van der Waals surface area contributed by atoms with Crippen LogP contribution >= 0.6 is 11.3 Å². The van der Waals surface area contributed by atoms with E-state index in [2.05, 4.69) is 88.4 Å². The van der Waals surface area contributed by atoms with E-state index in [1.165, 1.54) is 26.6 Å². The second kappa shape index (κ2) is 8.31. The molecule has 2 aromatic carbocycles. The minimum absolute atomic E-state index is 0.539. The van der Waals surface area contributed by atoms with Crippen LogP contribution in [0.5, 0.6) is 0 Å². The lowest BCUT2D eigenvalue weighted by Crippen LogP contribution is -2.55. The second-order valence-electron chi connectivity index (χ2n) is 8.38. The number of nitrogens with zero attached hydrogens (tertiary/aromatic N) is 3. The zero-order valence-corrected chi connectivity index (χ0v) is 17.9. The summed E-state index contributed by atoms with van der Waals surface area (Å²) in [5.74, 6) is 0. The first-order valence-corrected chi connectivity index (χ1v) is 11.4. The minimum Gasteiger partial charge on any atom is -0.364 e. The quantitative estimate of drug-likeness (QED) is 0.622. The van der Waals surface area contributed by atoms with Crippen molar-refractivity contribution in [1.29, 1.82) is 0 Å². The molecule has 1 fully saturated rings. The highest BCUT2D eigenvalue weighted by Crippen LogP contribution is 2.31. The summed E-state index contributed by atoms with van der Waals surface area (Å²) in [7, 11) is 0. The van der Waals surface area contributed by atoms with Crippen LogP contribution < -0.4 is 4.90 Å². The number of fused-ring (bicyclic) bond motifs is 3. The summed E-state index contributed by atoms with van der Waals surface area (Å²) < 4.78 is 0. The Labute approximate surface area is 178 Å². The van der Waals surface area contributed by atoms with Crippen molar-refractivity contribution in [1.82, 2.24) is 9.80 Å². The molecule has 29 heavy (non-hydrogen) atoms. The molecule has 2 aliphatic rings. The van der Waals surface area contributed by atoms with Gasteiger partial charge in [-0.15, -0.1) is 11.3 Å². The Hall–Kier alpha value is -2.14. The standard InChI is InChI=1S/C25H29N3S/c1-20-11-12-24(29-20)19-27-16-22-9-5-6-10-25(22)28-14-13-26(17-23(28)18-27)15-21-7-3-2-4-8-21/h2-12,23H,13-19H2,1H3. The smallest absolute Gasteiger partial charge is 0.0545 e. The summed E-state index contributed by atoms with van der Waals surface area (Å²) in [4.78, 5) is 10.9. The Balaban J connectivity index is 1.37. The molecule has 0 saturated carbocycles. The molecule has 2 aliphatic heterocycles. The van der Waals surface area contributed by atoms with E-state index in [1.54, 1.807) is 0 Å². The Morgan fingerprint density at radius 1 is 0.828 bits per heavy atom. The highest BCUT2D eigenvalue weighted by atomic mass is 32.1. The van der Waals surface area contributed by atoms with Gasteiger partial charge in [-0.25, -0.2) is 0 Å². The lowest BCUT2D eigenvalue weighted by Gasteiger charge is -2.43. The van der Waals surface area contributed by atoms with Gasteiger partial charge in [-0.2, -0.15) is 0 Å². The summed E-state index contributed by atoms with van der Waals surface area (Å²) in [6.07, 6.45) is 0. The van der Waals surface area contributed by atoms with E-state index in [-0.39, 0.29) is 0 Å². The second-order valence-corrected chi connectivity index (χ2v) is 9.75. The number of hydrogen-bond donors (Lipinski definition) is 0. The fourth-order valence-corrected chi connectivity index (χ4v) is 5.75. The van der Waals surface area contributed by atoms with E-state index in [1.807, 2.05) is 11.3 Å². The molecule has 1 saturated heterocycles. The van der Waals surface area contributed by atoms with E-state index in [0.29, 0.717) is 6.04 Å². The molecule has 0 spiro atoms. The number of thiophene rings is 1. The molecule has 3 aromatic rings. The fraction of sp³-hybridized carbons (Fsp3) is 0.360. The molecular formula is C25H29N3S. The number of piperazine rings is 1. The van der Waals surface area contributed by atoms with Crippen LogP contribution in [0, 0.1) is 6.92 Å². The Kier molecular flexibility index (Phi) is 5.40. The average Bonchev–Trinajstić information content (AvgIpc) is 3.07. The zero-order valence-electron chi connectivity index (χ0n) is 17.1. The van der Waals surface area contributed by atoms with Gasteiger partial charge in [0.25, 0.3) is 0 Å². The monoisotopic (exact) mass is 403 g/mol. The van der Waals surface area contributed by atoms with Gasteiger partial charge in [0.2, 0.25) is 0 Å². The van der Waals surface area contributed by atoms with Crippen molar-refractivity contribution in [2.24, 2.45) is 0 Å². The van der Waals surface area contributed by atoms with Crippen LogP contribution in [0.15, 0.2) is 66.7 Å². The molecule has 5 rings (SSSR count). The number of rotatable bonds is 4. The summed E-state index contributed by atoms with van der Waals surface area (Å²) in [5, 5.41) is 0. The van der Waals surface area contributed by atoms with Gasteiger partial charge in [-0.05, 0) is 36.2 Å². The van der Waals surface area contributed by atoms with Crippen molar-refractivity contribution in [3.05, 3.63) is 87.6 Å². The predicted octanol–water partition coefficient (Wildman–Crippen LogP) is 4.76. The van der Waals surface area contributed by atoms with Gasteiger partial charge in [-0.3, -0.25) is 9.80 Å². The Morgan fingerprint density at radius 2 is 1.62 bits per heavy atom. The van der Waals surface area contributed by atoms with Crippen molar-refractivity contribution in [3.63, 3.8) is 0 Å². The van der Waals surface area contributed by atoms with E-state index in [0.717, 1.165) is 45.8 Å². The third-order valence-electron chi connectivity index (χ3n) is 6.16. The molecule has 1 unspecified atom stereocenters. The van der Waals surface area contributed by atoms with Crippen LogP contribution in [-0.4, -0.2) is 42.0 Å². The van der Waals surface area contributed by atoms with Crippen LogP contribution in [0.3, 0.4) is 0 Å². The number of para-hydroxylation sites is 1. The lowest BCUT2D eigenvalue weighted by atomic mass is 10.1. The first-order valence-electron chi connectivity index (χ1n) is 10.6. The zero-order chi connectivity index (χ0) is 19.6. The maximum atomic E-state index is 2.68. The van der Waals surface area contributed by atoms with Gasteiger partial charge < -0.3 is 4.90 Å². The Bertz CT molecular complexity index is 951. The average molecular weight is 404 g/mol. The normalized spacial score (nSPS) is 20.2. The van der Waals surface area contributed by atoms with Crippen LogP contribution in [0.4, 0.5) is 5.69 Å². The van der Waals surface area contributed by atoms with Gasteiger partial charge in [0, 0.05) is 61.3 Å². The van der Waals surface area contributed by atoms with Crippen LogP contribution in [0.2, 0.25) is 0 Å². The molecule has 4 heteroatoms. The van der Waals surface area contributed by atoms with Crippen molar-refractivity contribution in [3.8, 4) is 0 Å². The first-order chi connectivity index (χ1) is 14.2. The number of aryl methyl sites for hydroxylation is 1. The van der Waals surface area contributed by atoms with Gasteiger partial charge in [-0.1, -0.05) is 48.5 Å². The SMILES string of the molecule is Cc1ccc(CN2Cc3ccccc3N3CCN(Cc4ccccc4)CC3C2)s1. The molecule has 0 N–H and O–H groups in total. The summed E-state index contributed by atoms with van der Waals surface area (Å²) in [6, 6.07) is 25.0. The maximum Gasteiger partial charge on any atom is 0.0545 e. The topological polar surface area (TPSA) is 9.72 Å². The Morgan fingerprint density at radius 3 is 2.45 bits per heavy atom. The largest absolute Gasteiger partial charge is 0.364 e. The van der Waals surface area contributed by atoms with Crippen molar-refractivity contribution in [2.45, 2.75) is 32.6 Å². The molecule has 1 aromatic heterocycles. The van der Waals surface area contributed by atoms with Gasteiger partial charge in [0.1, 0.15) is 0 Å². The molecule has 0 bridgehead atoms. The number of benzene rings is 2. The van der Waals surface area contributed by atoms with Crippen molar-refractivity contribution in [2.75, 3.05) is 31.1 Å². The highest BCUT2D eigenvalue weighted by molar-refractivity contribution is 7.11. The van der Waals surface area contributed by atoms with Crippen LogP contribution in [0.1, 0.15) is 20.9 Å².